The number of rotatable bonds is 6. The van der Waals surface area contributed by atoms with E-state index < -0.39 is 0 Å². The van der Waals surface area contributed by atoms with E-state index in [4.69, 9.17) is 19.2 Å². The van der Waals surface area contributed by atoms with Crippen LogP contribution in [0.15, 0.2) is 47.5 Å². The number of amidine groups is 1. The number of nitrogens with zero attached hydrogens (tertiary/aromatic N) is 3. The zero-order valence-corrected chi connectivity index (χ0v) is 19.2. The molecule has 2 fully saturated rings. The fraction of sp³-hybridized carbons (Fsp3) is 0.458. The Bertz CT molecular complexity index is 996. The molecule has 0 aromatic heterocycles. The van der Waals surface area contributed by atoms with Gasteiger partial charge in [0.05, 0.1) is 7.11 Å². The summed E-state index contributed by atoms with van der Waals surface area (Å²) >= 11 is 1.83. The van der Waals surface area contributed by atoms with Gasteiger partial charge in [0.1, 0.15) is 18.5 Å². The molecule has 0 aliphatic carbocycles. The van der Waals surface area contributed by atoms with Gasteiger partial charge in [0.25, 0.3) is 0 Å². The summed E-state index contributed by atoms with van der Waals surface area (Å²) in [6, 6.07) is 12.6. The number of hydrogen-bond acceptors (Lipinski definition) is 7. The SMILES string of the molecule is COc1cc(CC2SC(N3CCN(C)CC3)=NC3OC32)ccc1OCc1ccccc1F. The van der Waals surface area contributed by atoms with Crippen LogP contribution >= 0.6 is 11.8 Å². The molecule has 0 spiro atoms. The van der Waals surface area contributed by atoms with Crippen molar-refractivity contribution in [3.63, 3.8) is 0 Å². The Morgan fingerprint density at radius 1 is 1.12 bits per heavy atom. The number of methoxy groups -OCH3 is 1. The molecule has 6 nitrogen and oxygen atoms in total. The molecular formula is C24H28FN3O3S. The minimum Gasteiger partial charge on any atom is -0.493 e. The number of epoxide rings is 1. The maximum atomic E-state index is 13.9. The molecule has 3 heterocycles. The number of ether oxygens (including phenoxy) is 3. The van der Waals surface area contributed by atoms with Crippen molar-refractivity contribution >= 4 is 16.9 Å². The lowest BCUT2D eigenvalue weighted by Crippen LogP contribution is -2.47. The molecule has 2 aromatic rings. The second kappa shape index (κ2) is 9.29. The zero-order valence-electron chi connectivity index (χ0n) is 18.4. The third-order valence-corrected chi connectivity index (χ3v) is 7.45. The van der Waals surface area contributed by atoms with Gasteiger partial charge < -0.3 is 24.0 Å². The second-order valence-electron chi connectivity index (χ2n) is 8.42. The molecule has 0 N–H and O–H groups in total. The molecule has 3 aliphatic heterocycles. The molecule has 170 valence electrons. The number of hydrogen-bond donors (Lipinski definition) is 0. The number of thioether (sulfide) groups is 1. The molecule has 2 saturated heterocycles. The molecular weight excluding hydrogens is 429 g/mol. The van der Waals surface area contributed by atoms with Gasteiger partial charge in [-0.1, -0.05) is 36.0 Å². The minimum atomic E-state index is -0.269. The first-order chi connectivity index (χ1) is 15.6. The average molecular weight is 458 g/mol. The molecule has 3 aliphatic rings. The van der Waals surface area contributed by atoms with E-state index in [-0.39, 0.29) is 24.8 Å². The summed E-state index contributed by atoms with van der Waals surface area (Å²) in [7, 11) is 3.79. The van der Waals surface area contributed by atoms with Crippen LogP contribution < -0.4 is 9.47 Å². The highest BCUT2D eigenvalue weighted by Crippen LogP contribution is 2.42. The highest BCUT2D eigenvalue weighted by atomic mass is 32.2. The number of likely N-dealkylation sites (N-methyl/N-ethyl adjacent to an activating group) is 1. The Morgan fingerprint density at radius 3 is 2.72 bits per heavy atom. The molecule has 32 heavy (non-hydrogen) atoms. The summed E-state index contributed by atoms with van der Waals surface area (Å²) in [6.45, 7) is 4.29. The smallest absolute Gasteiger partial charge is 0.178 e. The Morgan fingerprint density at radius 2 is 1.94 bits per heavy atom. The fourth-order valence-electron chi connectivity index (χ4n) is 4.11. The second-order valence-corrected chi connectivity index (χ2v) is 9.63. The molecule has 0 amide bonds. The molecule has 0 bridgehead atoms. The number of piperazine rings is 1. The van der Waals surface area contributed by atoms with Crippen molar-refractivity contribution in [1.82, 2.24) is 9.80 Å². The van der Waals surface area contributed by atoms with E-state index in [1.807, 2.05) is 23.9 Å². The van der Waals surface area contributed by atoms with Crippen LogP contribution in [0, 0.1) is 5.82 Å². The number of benzene rings is 2. The molecule has 8 heteroatoms. The van der Waals surface area contributed by atoms with Crippen LogP contribution in [0.1, 0.15) is 11.1 Å². The Hall–Kier alpha value is -2.29. The van der Waals surface area contributed by atoms with Gasteiger partial charge in [-0.2, -0.15) is 0 Å². The molecule has 3 unspecified atom stereocenters. The molecule has 0 saturated carbocycles. The Kier molecular flexibility index (Phi) is 6.26. The van der Waals surface area contributed by atoms with Gasteiger partial charge in [-0.15, -0.1) is 0 Å². The van der Waals surface area contributed by atoms with Gasteiger partial charge in [0, 0.05) is 37.0 Å². The molecule has 5 rings (SSSR count). The van der Waals surface area contributed by atoms with E-state index in [0.717, 1.165) is 43.3 Å². The summed E-state index contributed by atoms with van der Waals surface area (Å²) in [4.78, 5) is 9.53. The predicted octanol–water partition coefficient (Wildman–Crippen LogP) is 3.40. The van der Waals surface area contributed by atoms with Crippen molar-refractivity contribution in [2.75, 3.05) is 40.3 Å². The lowest BCUT2D eigenvalue weighted by Gasteiger charge is -2.35. The van der Waals surface area contributed by atoms with Crippen LogP contribution in [-0.4, -0.2) is 72.9 Å². The van der Waals surface area contributed by atoms with Crippen LogP contribution in [0.3, 0.4) is 0 Å². The van der Waals surface area contributed by atoms with Crippen molar-refractivity contribution in [2.45, 2.75) is 30.6 Å². The van der Waals surface area contributed by atoms with Crippen molar-refractivity contribution in [3.05, 3.63) is 59.4 Å². The number of fused-ring (bicyclic) bond motifs is 1. The average Bonchev–Trinajstić information content (AvgIpc) is 3.59. The highest BCUT2D eigenvalue weighted by molar-refractivity contribution is 8.14. The molecule has 2 aromatic carbocycles. The van der Waals surface area contributed by atoms with E-state index in [9.17, 15) is 4.39 Å². The van der Waals surface area contributed by atoms with Crippen LogP contribution in [0.5, 0.6) is 11.5 Å². The number of aliphatic imine (C=N–C) groups is 1. The van der Waals surface area contributed by atoms with Crippen molar-refractivity contribution in [3.8, 4) is 11.5 Å². The normalized spacial score (nSPS) is 25.2. The lowest BCUT2D eigenvalue weighted by molar-refractivity contribution is 0.217. The third kappa shape index (κ3) is 4.72. The summed E-state index contributed by atoms with van der Waals surface area (Å²) in [5, 5.41) is 1.43. The van der Waals surface area contributed by atoms with E-state index >= 15 is 0 Å². The minimum absolute atomic E-state index is 0.00109. The van der Waals surface area contributed by atoms with E-state index in [2.05, 4.69) is 22.9 Å². The predicted molar refractivity (Wildman–Crippen MR) is 124 cm³/mol. The quantitative estimate of drug-likeness (QED) is 0.620. The van der Waals surface area contributed by atoms with Crippen molar-refractivity contribution < 1.29 is 18.6 Å². The van der Waals surface area contributed by atoms with Gasteiger partial charge in [-0.25, -0.2) is 9.38 Å². The van der Waals surface area contributed by atoms with Crippen LogP contribution in [-0.2, 0) is 17.8 Å². The lowest BCUT2D eigenvalue weighted by atomic mass is 10.1. The van der Waals surface area contributed by atoms with Gasteiger partial charge >= 0.3 is 0 Å². The van der Waals surface area contributed by atoms with Crippen molar-refractivity contribution in [1.29, 1.82) is 0 Å². The van der Waals surface area contributed by atoms with Crippen LogP contribution in [0.4, 0.5) is 4.39 Å². The molecule has 0 radical (unpaired) electrons. The Labute approximate surface area is 192 Å². The molecule has 3 atom stereocenters. The van der Waals surface area contributed by atoms with E-state index in [1.54, 1.807) is 25.3 Å². The first-order valence-corrected chi connectivity index (χ1v) is 11.8. The van der Waals surface area contributed by atoms with Gasteiger partial charge in [0.2, 0.25) is 0 Å². The first-order valence-electron chi connectivity index (χ1n) is 11.0. The largest absolute Gasteiger partial charge is 0.493 e. The summed E-state index contributed by atoms with van der Waals surface area (Å²) in [6.07, 6.45) is 1.04. The van der Waals surface area contributed by atoms with Gasteiger partial charge in [0.15, 0.2) is 22.9 Å². The maximum absolute atomic E-state index is 13.9. The third-order valence-electron chi connectivity index (χ3n) is 6.14. The summed E-state index contributed by atoms with van der Waals surface area (Å²) < 4.78 is 31.1. The summed E-state index contributed by atoms with van der Waals surface area (Å²) in [5.74, 6) is 0.992. The van der Waals surface area contributed by atoms with Gasteiger partial charge in [-0.3, -0.25) is 0 Å². The Balaban J connectivity index is 1.24. The number of halogens is 1. The van der Waals surface area contributed by atoms with E-state index in [0.29, 0.717) is 22.3 Å². The monoisotopic (exact) mass is 457 g/mol. The van der Waals surface area contributed by atoms with E-state index in [1.165, 1.54) is 6.07 Å². The standard InChI is InChI=1S/C24H28FN3O3S/c1-27-9-11-28(12-10-27)24-26-23-22(31-23)21(32-24)14-16-7-8-19(20(13-16)29-2)30-15-17-5-3-4-6-18(17)25/h3-8,13,21-23H,9-12,14-15H2,1-2H3. The van der Waals surface area contributed by atoms with Crippen molar-refractivity contribution in [2.24, 2.45) is 4.99 Å². The fourth-order valence-corrected chi connectivity index (χ4v) is 5.48. The maximum Gasteiger partial charge on any atom is 0.178 e. The zero-order chi connectivity index (χ0) is 22.1. The van der Waals surface area contributed by atoms with Crippen LogP contribution in [0.2, 0.25) is 0 Å². The summed E-state index contributed by atoms with van der Waals surface area (Å²) in [5.41, 5.74) is 1.68. The first kappa shape index (κ1) is 21.6. The highest BCUT2D eigenvalue weighted by Gasteiger charge is 2.50. The van der Waals surface area contributed by atoms with Gasteiger partial charge in [-0.05, 0) is 37.2 Å². The van der Waals surface area contributed by atoms with Crippen LogP contribution in [0.25, 0.3) is 0 Å². The topological polar surface area (TPSA) is 49.8 Å².